The van der Waals surface area contributed by atoms with Gasteiger partial charge in [-0.25, -0.2) is 4.98 Å². The fourth-order valence-electron chi connectivity index (χ4n) is 4.20. The van der Waals surface area contributed by atoms with Gasteiger partial charge in [0.2, 0.25) is 0 Å². The normalized spacial score (nSPS) is 14.3. The van der Waals surface area contributed by atoms with Crippen molar-refractivity contribution in [3.63, 3.8) is 0 Å². The highest BCUT2D eigenvalue weighted by molar-refractivity contribution is 5.90. The van der Waals surface area contributed by atoms with Crippen LogP contribution in [-0.4, -0.2) is 57.0 Å². The number of hydrogen-bond acceptors (Lipinski definition) is 6. The number of rotatable bonds is 10. The van der Waals surface area contributed by atoms with Crippen LogP contribution in [0.15, 0.2) is 42.5 Å². The fraction of sp³-hybridized carbons (Fsp3) is 0.444. The summed E-state index contributed by atoms with van der Waals surface area (Å²) < 4.78 is 23.1. The van der Waals surface area contributed by atoms with Crippen LogP contribution in [0.4, 0.5) is 0 Å². The average Bonchev–Trinajstić information content (AvgIpc) is 2.87. The van der Waals surface area contributed by atoms with Crippen molar-refractivity contribution < 1.29 is 18.9 Å². The molecule has 6 heteroatoms. The summed E-state index contributed by atoms with van der Waals surface area (Å²) in [6, 6.07) is 13.9. The number of ether oxygens (including phenoxy) is 4. The van der Waals surface area contributed by atoms with E-state index in [9.17, 15) is 0 Å². The maximum Gasteiger partial charge on any atom is 0.162 e. The van der Waals surface area contributed by atoms with Crippen molar-refractivity contribution in [2.75, 3.05) is 47.1 Å². The standard InChI is InChI=1S/C27H34N2O4/c1-4-15-32-21-10-8-20(9-11-21)23-18-25(33-16-14-29-12-6-5-7-13-29)22-17-26(30-2)27(31-3)19-24(22)28-23/h8-11,17-19H,4-7,12-16H2,1-3H3. The second-order valence-electron chi connectivity index (χ2n) is 8.35. The minimum absolute atomic E-state index is 0.636. The third kappa shape index (κ3) is 5.69. The van der Waals surface area contributed by atoms with Gasteiger partial charge in [-0.15, -0.1) is 0 Å². The molecular weight excluding hydrogens is 416 g/mol. The van der Waals surface area contributed by atoms with E-state index in [1.54, 1.807) is 14.2 Å². The van der Waals surface area contributed by atoms with Crippen molar-refractivity contribution in [1.82, 2.24) is 9.88 Å². The van der Waals surface area contributed by atoms with E-state index < -0.39 is 0 Å². The van der Waals surface area contributed by atoms with Crippen LogP contribution in [0, 0.1) is 0 Å². The Bertz CT molecular complexity index is 1050. The Balaban J connectivity index is 1.65. The minimum Gasteiger partial charge on any atom is -0.494 e. The Kier molecular flexibility index (Phi) is 7.89. The van der Waals surface area contributed by atoms with Gasteiger partial charge in [0.05, 0.1) is 32.0 Å². The second-order valence-corrected chi connectivity index (χ2v) is 8.35. The molecule has 2 aromatic carbocycles. The highest BCUT2D eigenvalue weighted by atomic mass is 16.5. The molecule has 0 bridgehead atoms. The molecular formula is C27H34N2O4. The van der Waals surface area contributed by atoms with E-state index in [1.807, 2.05) is 42.5 Å². The summed E-state index contributed by atoms with van der Waals surface area (Å²) in [5.74, 6) is 2.99. The number of benzene rings is 2. The zero-order valence-corrected chi connectivity index (χ0v) is 19.9. The van der Waals surface area contributed by atoms with Gasteiger partial charge in [0.15, 0.2) is 11.5 Å². The quantitative estimate of drug-likeness (QED) is 0.402. The topological polar surface area (TPSA) is 53.1 Å². The van der Waals surface area contributed by atoms with Gasteiger partial charge in [0, 0.05) is 29.6 Å². The molecule has 0 N–H and O–H groups in total. The van der Waals surface area contributed by atoms with Crippen LogP contribution in [0.1, 0.15) is 32.6 Å². The predicted molar refractivity (Wildman–Crippen MR) is 132 cm³/mol. The molecule has 33 heavy (non-hydrogen) atoms. The van der Waals surface area contributed by atoms with E-state index in [4.69, 9.17) is 23.9 Å². The lowest BCUT2D eigenvalue weighted by molar-refractivity contribution is 0.184. The van der Waals surface area contributed by atoms with E-state index >= 15 is 0 Å². The van der Waals surface area contributed by atoms with Gasteiger partial charge in [-0.2, -0.15) is 0 Å². The molecule has 2 heterocycles. The zero-order chi connectivity index (χ0) is 23.0. The predicted octanol–water partition coefficient (Wildman–Crippen LogP) is 5.57. The summed E-state index contributed by atoms with van der Waals surface area (Å²) in [5.41, 5.74) is 2.67. The lowest BCUT2D eigenvalue weighted by Crippen LogP contribution is -2.33. The zero-order valence-electron chi connectivity index (χ0n) is 19.9. The van der Waals surface area contributed by atoms with E-state index in [0.717, 1.165) is 59.7 Å². The summed E-state index contributed by atoms with van der Waals surface area (Å²) in [7, 11) is 3.28. The maximum atomic E-state index is 6.33. The first-order valence-corrected chi connectivity index (χ1v) is 11.9. The van der Waals surface area contributed by atoms with E-state index in [-0.39, 0.29) is 0 Å². The molecule has 0 aliphatic carbocycles. The third-order valence-electron chi connectivity index (χ3n) is 6.01. The molecule has 1 aliphatic rings. The van der Waals surface area contributed by atoms with Gasteiger partial charge in [0.1, 0.15) is 18.1 Å². The number of piperidine rings is 1. The highest BCUT2D eigenvalue weighted by Crippen LogP contribution is 2.38. The molecule has 4 rings (SSSR count). The first-order chi connectivity index (χ1) is 16.2. The van der Waals surface area contributed by atoms with Crippen molar-refractivity contribution in [3.8, 4) is 34.3 Å². The first-order valence-electron chi connectivity index (χ1n) is 11.9. The molecule has 0 saturated carbocycles. The number of nitrogens with zero attached hydrogens (tertiary/aromatic N) is 2. The molecule has 176 valence electrons. The summed E-state index contributed by atoms with van der Waals surface area (Å²) in [6.45, 7) is 6.69. The minimum atomic E-state index is 0.636. The van der Waals surface area contributed by atoms with Crippen molar-refractivity contribution in [2.45, 2.75) is 32.6 Å². The fourth-order valence-corrected chi connectivity index (χ4v) is 4.20. The summed E-state index contributed by atoms with van der Waals surface area (Å²) >= 11 is 0. The van der Waals surface area contributed by atoms with Gasteiger partial charge in [-0.3, -0.25) is 4.90 Å². The summed E-state index contributed by atoms with van der Waals surface area (Å²) in [6.07, 6.45) is 4.87. The van der Waals surface area contributed by atoms with Gasteiger partial charge in [-0.05, 0) is 62.7 Å². The molecule has 0 unspecified atom stereocenters. The molecule has 0 amide bonds. The molecule has 6 nitrogen and oxygen atoms in total. The van der Waals surface area contributed by atoms with E-state index in [1.165, 1.54) is 19.3 Å². The second kappa shape index (κ2) is 11.2. The van der Waals surface area contributed by atoms with Crippen molar-refractivity contribution >= 4 is 10.9 Å². The van der Waals surface area contributed by atoms with Gasteiger partial charge in [-0.1, -0.05) is 13.3 Å². The Morgan fingerprint density at radius 2 is 1.55 bits per heavy atom. The number of aromatic nitrogens is 1. The summed E-state index contributed by atoms with van der Waals surface area (Å²) in [5, 5.41) is 0.915. The third-order valence-corrected chi connectivity index (χ3v) is 6.01. The van der Waals surface area contributed by atoms with Crippen LogP contribution < -0.4 is 18.9 Å². The Hall–Kier alpha value is -2.99. The van der Waals surface area contributed by atoms with Gasteiger partial charge in [0.25, 0.3) is 0 Å². The van der Waals surface area contributed by atoms with Crippen LogP contribution in [0.3, 0.4) is 0 Å². The summed E-state index contributed by atoms with van der Waals surface area (Å²) in [4.78, 5) is 7.39. The van der Waals surface area contributed by atoms with Crippen LogP contribution in [-0.2, 0) is 0 Å². The van der Waals surface area contributed by atoms with Crippen LogP contribution in [0.5, 0.6) is 23.0 Å². The van der Waals surface area contributed by atoms with Crippen molar-refractivity contribution in [1.29, 1.82) is 0 Å². The lowest BCUT2D eigenvalue weighted by Gasteiger charge is -2.26. The first kappa shape index (κ1) is 23.2. The largest absolute Gasteiger partial charge is 0.494 e. The van der Waals surface area contributed by atoms with Crippen molar-refractivity contribution in [3.05, 3.63) is 42.5 Å². The van der Waals surface area contributed by atoms with Crippen LogP contribution >= 0.6 is 0 Å². The number of hydrogen-bond donors (Lipinski definition) is 0. The molecule has 3 aromatic rings. The SMILES string of the molecule is CCCOc1ccc(-c2cc(OCCN3CCCCC3)c3cc(OC)c(OC)cc3n2)cc1. The molecule has 0 spiro atoms. The molecule has 1 saturated heterocycles. The number of fused-ring (bicyclic) bond motifs is 1. The maximum absolute atomic E-state index is 6.33. The number of methoxy groups -OCH3 is 2. The lowest BCUT2D eigenvalue weighted by atomic mass is 10.1. The molecule has 1 aromatic heterocycles. The molecule has 0 radical (unpaired) electrons. The Morgan fingerprint density at radius 1 is 0.818 bits per heavy atom. The molecule has 1 fully saturated rings. The Morgan fingerprint density at radius 3 is 2.24 bits per heavy atom. The molecule has 1 aliphatic heterocycles. The van der Waals surface area contributed by atoms with Crippen molar-refractivity contribution in [2.24, 2.45) is 0 Å². The van der Waals surface area contributed by atoms with E-state index in [0.29, 0.717) is 24.7 Å². The van der Waals surface area contributed by atoms with Crippen LogP contribution in [0.25, 0.3) is 22.2 Å². The van der Waals surface area contributed by atoms with Crippen LogP contribution in [0.2, 0.25) is 0 Å². The number of likely N-dealkylation sites (tertiary alicyclic amines) is 1. The Labute approximate surface area is 196 Å². The smallest absolute Gasteiger partial charge is 0.162 e. The van der Waals surface area contributed by atoms with E-state index in [2.05, 4.69) is 11.8 Å². The van der Waals surface area contributed by atoms with Gasteiger partial charge >= 0.3 is 0 Å². The van der Waals surface area contributed by atoms with Gasteiger partial charge < -0.3 is 18.9 Å². The number of pyridine rings is 1. The molecule has 0 atom stereocenters. The highest BCUT2D eigenvalue weighted by Gasteiger charge is 2.15. The average molecular weight is 451 g/mol. The monoisotopic (exact) mass is 450 g/mol.